The van der Waals surface area contributed by atoms with Gasteiger partial charge in [-0.1, -0.05) is 145 Å². The Hall–Kier alpha value is -0.599. The first-order valence-corrected chi connectivity index (χ1v) is 31.4. The van der Waals surface area contributed by atoms with Crippen LogP contribution in [0.15, 0.2) is 41.3 Å². The van der Waals surface area contributed by atoms with Crippen LogP contribution in [0.3, 0.4) is 0 Å². The zero-order chi connectivity index (χ0) is 41.8. The SMILES string of the molecule is Cc1ccc(S(=O)(=O)N[C@@H](CO[Si](C)(C)C(C)(C)C)[C@@H](/C=C/CCCCCCCCC[C@H](CC(C)C)O[Si](C)(C)C(C)(C)C)O[Si](C)(C)C(C)(C)C)cc1. The maximum atomic E-state index is 13.8. The van der Waals surface area contributed by atoms with E-state index in [0.717, 1.165) is 24.8 Å². The lowest BCUT2D eigenvalue weighted by molar-refractivity contribution is 0.143. The molecule has 3 atom stereocenters. The van der Waals surface area contributed by atoms with Gasteiger partial charge in [0.05, 0.1) is 23.6 Å². The van der Waals surface area contributed by atoms with Crippen molar-refractivity contribution in [2.75, 3.05) is 6.61 Å². The molecule has 0 radical (unpaired) electrons. The molecule has 1 N–H and O–H groups in total. The van der Waals surface area contributed by atoms with E-state index in [2.05, 4.69) is 132 Å². The van der Waals surface area contributed by atoms with Gasteiger partial charge in [0.1, 0.15) is 0 Å². The summed E-state index contributed by atoms with van der Waals surface area (Å²) in [4.78, 5) is 0.260. The van der Waals surface area contributed by atoms with Crippen molar-refractivity contribution >= 4 is 35.0 Å². The molecular formula is C44H87NO5SSi3. The Bertz CT molecular complexity index is 1350. The molecule has 10 heteroatoms. The highest BCUT2D eigenvalue weighted by Crippen LogP contribution is 2.40. The number of hydrogen-bond acceptors (Lipinski definition) is 5. The molecule has 0 aliphatic carbocycles. The summed E-state index contributed by atoms with van der Waals surface area (Å²) in [6.07, 6.45) is 16.2. The van der Waals surface area contributed by atoms with Gasteiger partial charge in [0.2, 0.25) is 10.0 Å². The fourth-order valence-corrected chi connectivity index (χ4v) is 10.5. The molecular weight excluding hydrogens is 739 g/mol. The molecule has 0 fully saturated rings. The van der Waals surface area contributed by atoms with Crippen molar-refractivity contribution in [3.8, 4) is 0 Å². The second-order valence-electron chi connectivity index (χ2n) is 21.1. The van der Waals surface area contributed by atoms with Gasteiger partial charge in [-0.15, -0.1) is 0 Å². The first kappa shape index (κ1) is 51.4. The third-order valence-corrected chi connectivity index (χ3v) is 27.4. The van der Waals surface area contributed by atoms with Crippen LogP contribution in [0.2, 0.25) is 54.4 Å². The lowest BCUT2D eigenvalue weighted by Gasteiger charge is -2.42. The van der Waals surface area contributed by atoms with E-state index in [1.54, 1.807) is 12.1 Å². The predicted octanol–water partition coefficient (Wildman–Crippen LogP) is 13.6. The Kier molecular flexibility index (Phi) is 20.4. The summed E-state index contributed by atoms with van der Waals surface area (Å²) < 4.78 is 51.3. The highest BCUT2D eigenvalue weighted by molar-refractivity contribution is 7.89. The number of unbranched alkanes of at least 4 members (excludes halogenated alkanes) is 7. The molecule has 0 bridgehead atoms. The smallest absolute Gasteiger partial charge is 0.240 e. The van der Waals surface area contributed by atoms with E-state index in [-0.39, 0.29) is 26.6 Å². The summed E-state index contributed by atoms with van der Waals surface area (Å²) in [7, 11) is -10.0. The Balaban J connectivity index is 2.96. The topological polar surface area (TPSA) is 73.9 Å². The second-order valence-corrected chi connectivity index (χ2v) is 37.1. The number of hydrogen-bond donors (Lipinski definition) is 1. The summed E-state index contributed by atoms with van der Waals surface area (Å²) >= 11 is 0. The molecule has 1 aromatic carbocycles. The second kappa shape index (κ2) is 21.4. The van der Waals surface area contributed by atoms with Gasteiger partial charge < -0.3 is 13.3 Å². The molecule has 0 aliphatic heterocycles. The number of benzene rings is 1. The van der Waals surface area contributed by atoms with E-state index in [9.17, 15) is 8.42 Å². The lowest BCUT2D eigenvalue weighted by atomic mass is 10.00. The van der Waals surface area contributed by atoms with Gasteiger partial charge in [0.15, 0.2) is 25.0 Å². The Morgan fingerprint density at radius 3 is 1.63 bits per heavy atom. The van der Waals surface area contributed by atoms with E-state index < -0.39 is 47.1 Å². The zero-order valence-corrected chi connectivity index (χ0v) is 42.3. The highest BCUT2D eigenvalue weighted by atomic mass is 32.2. The normalized spacial score (nSPS) is 16.0. The quantitative estimate of drug-likeness (QED) is 0.0638. The molecule has 0 saturated carbocycles. The number of rotatable bonds is 24. The maximum Gasteiger partial charge on any atom is 0.240 e. The summed E-state index contributed by atoms with van der Waals surface area (Å²) in [5.74, 6) is 0.659. The van der Waals surface area contributed by atoms with E-state index in [0.29, 0.717) is 12.0 Å². The molecule has 0 aromatic heterocycles. The van der Waals surface area contributed by atoms with Gasteiger partial charge in [0, 0.05) is 6.10 Å². The monoisotopic (exact) mass is 826 g/mol. The van der Waals surface area contributed by atoms with Gasteiger partial charge in [-0.2, -0.15) is 0 Å². The van der Waals surface area contributed by atoms with Crippen LogP contribution in [0.4, 0.5) is 0 Å². The average molecular weight is 827 g/mol. The molecule has 0 spiro atoms. The minimum absolute atomic E-state index is 0.00567. The minimum Gasteiger partial charge on any atom is -0.415 e. The van der Waals surface area contributed by atoms with Crippen LogP contribution in [-0.2, 0) is 23.3 Å². The largest absolute Gasteiger partial charge is 0.415 e. The summed E-state index contributed by atoms with van der Waals surface area (Å²) in [5, 5.41) is 0.206. The van der Waals surface area contributed by atoms with Crippen LogP contribution in [0.25, 0.3) is 0 Å². The van der Waals surface area contributed by atoms with Gasteiger partial charge in [-0.3, -0.25) is 0 Å². The molecule has 6 nitrogen and oxygen atoms in total. The van der Waals surface area contributed by atoms with Crippen LogP contribution in [0.5, 0.6) is 0 Å². The highest BCUT2D eigenvalue weighted by Gasteiger charge is 2.43. The molecule has 0 heterocycles. The molecule has 1 aromatic rings. The van der Waals surface area contributed by atoms with Crippen LogP contribution < -0.4 is 4.72 Å². The van der Waals surface area contributed by atoms with Crippen molar-refractivity contribution in [2.45, 2.75) is 225 Å². The number of nitrogens with one attached hydrogen (secondary N) is 1. The van der Waals surface area contributed by atoms with Crippen molar-refractivity contribution in [3.05, 3.63) is 42.0 Å². The molecule has 0 aliphatic rings. The first-order chi connectivity index (χ1) is 24.4. The van der Waals surface area contributed by atoms with Crippen LogP contribution in [0, 0.1) is 12.8 Å². The number of aryl methyl sites for hydroxylation is 1. The van der Waals surface area contributed by atoms with Crippen molar-refractivity contribution < 1.29 is 21.7 Å². The summed E-state index contributed by atoms with van der Waals surface area (Å²) in [6.45, 7) is 40.8. The average Bonchev–Trinajstić information content (AvgIpc) is 2.99. The first-order valence-electron chi connectivity index (χ1n) is 21.2. The van der Waals surface area contributed by atoms with E-state index in [1.165, 1.54) is 44.9 Å². The van der Waals surface area contributed by atoms with Crippen LogP contribution in [-0.4, -0.2) is 58.2 Å². The third-order valence-electron chi connectivity index (χ3n) is 12.4. The van der Waals surface area contributed by atoms with Crippen molar-refractivity contribution in [3.63, 3.8) is 0 Å². The standard InChI is InChI=1S/C44H87NO5SSi3/c1-36(2)34-38(49-53(15,16)43(7,8)9)28-26-24-22-20-19-21-23-25-27-29-41(50-54(17,18)44(10,11)12)40(35-48-52(13,14)42(4,5)6)45-51(46,47)39-32-30-37(3)31-33-39/h27,29-33,36,38,40-41,45H,19-26,28,34-35H2,1-18H3/b29-27+/t38-,40+,41-/m1/s1. The summed E-state index contributed by atoms with van der Waals surface area (Å²) in [5.41, 5.74) is 1.02. The van der Waals surface area contributed by atoms with Crippen molar-refractivity contribution in [2.24, 2.45) is 5.92 Å². The van der Waals surface area contributed by atoms with Gasteiger partial charge in [-0.05, 0) is 105 Å². The fourth-order valence-electron chi connectivity index (χ4n) is 5.56. The number of allylic oxidation sites excluding steroid dienone is 1. The Morgan fingerprint density at radius 1 is 0.685 bits per heavy atom. The molecule has 0 unspecified atom stereocenters. The molecule has 316 valence electrons. The predicted molar refractivity (Wildman–Crippen MR) is 243 cm³/mol. The van der Waals surface area contributed by atoms with Gasteiger partial charge in [-0.25, -0.2) is 13.1 Å². The Labute approximate surface area is 339 Å². The summed E-state index contributed by atoms with van der Waals surface area (Å²) in [6, 6.07) is 6.47. The van der Waals surface area contributed by atoms with Crippen molar-refractivity contribution in [1.29, 1.82) is 0 Å². The van der Waals surface area contributed by atoms with Crippen molar-refractivity contribution in [1.82, 2.24) is 4.72 Å². The molecule has 1 rings (SSSR count). The fraction of sp³-hybridized carbons (Fsp3) is 0.818. The molecule has 0 amide bonds. The third kappa shape index (κ3) is 17.9. The molecule has 54 heavy (non-hydrogen) atoms. The lowest BCUT2D eigenvalue weighted by Crippen LogP contribution is -2.54. The minimum atomic E-state index is -3.81. The molecule has 0 saturated heterocycles. The van der Waals surface area contributed by atoms with E-state index >= 15 is 0 Å². The Morgan fingerprint density at radius 2 is 1.15 bits per heavy atom. The zero-order valence-electron chi connectivity index (χ0n) is 38.5. The van der Waals surface area contributed by atoms with Gasteiger partial charge in [0.25, 0.3) is 0 Å². The maximum absolute atomic E-state index is 13.8. The van der Waals surface area contributed by atoms with Crippen LogP contribution in [0.1, 0.15) is 146 Å². The van der Waals surface area contributed by atoms with E-state index in [1.807, 2.05) is 19.1 Å². The van der Waals surface area contributed by atoms with E-state index in [4.69, 9.17) is 13.3 Å². The number of sulfonamides is 1. The van der Waals surface area contributed by atoms with Crippen LogP contribution >= 0.6 is 0 Å². The van der Waals surface area contributed by atoms with Gasteiger partial charge >= 0.3 is 0 Å².